The molecule has 0 bridgehead atoms. The lowest BCUT2D eigenvalue weighted by molar-refractivity contribution is 0.0226. The van der Waals surface area contributed by atoms with Gasteiger partial charge >= 0.3 is 0 Å². The van der Waals surface area contributed by atoms with Crippen LogP contribution in [-0.4, -0.2) is 40.1 Å². The number of ether oxygens (including phenoxy) is 3. The Kier molecular flexibility index (Phi) is 9.87. The normalized spacial score (nSPS) is 11.1. The van der Waals surface area contributed by atoms with Crippen molar-refractivity contribution >= 4 is 0 Å². The molecule has 0 aliphatic carbocycles. The van der Waals surface area contributed by atoms with Gasteiger partial charge in [0.1, 0.15) is 0 Å². The standard InChI is InChI=1S/C10H22O3/c1-10(2)4-5-12-8-9-13-7-6-11-3/h10H,4-9H2,1-3H3. The number of rotatable bonds is 9. The van der Waals surface area contributed by atoms with E-state index in [0.717, 1.165) is 18.9 Å². The van der Waals surface area contributed by atoms with Gasteiger partial charge in [0.05, 0.1) is 26.4 Å². The first-order valence-corrected chi connectivity index (χ1v) is 4.91. The third-order valence-electron chi connectivity index (χ3n) is 1.64. The van der Waals surface area contributed by atoms with Crippen molar-refractivity contribution < 1.29 is 14.2 Å². The van der Waals surface area contributed by atoms with E-state index in [-0.39, 0.29) is 0 Å². The Balaban J connectivity index is 2.84. The molecular weight excluding hydrogens is 168 g/mol. The van der Waals surface area contributed by atoms with Crippen molar-refractivity contribution in [3.8, 4) is 0 Å². The summed E-state index contributed by atoms with van der Waals surface area (Å²) in [5, 5.41) is 0. The highest BCUT2D eigenvalue weighted by Crippen LogP contribution is 1.98. The molecule has 0 heterocycles. The molecule has 0 amide bonds. The van der Waals surface area contributed by atoms with E-state index in [1.54, 1.807) is 7.11 Å². The van der Waals surface area contributed by atoms with Crippen LogP contribution in [0, 0.1) is 5.92 Å². The second kappa shape index (κ2) is 9.96. The zero-order chi connectivity index (χ0) is 9.94. The topological polar surface area (TPSA) is 27.7 Å². The predicted octanol–water partition coefficient (Wildman–Crippen LogP) is 1.71. The highest BCUT2D eigenvalue weighted by molar-refractivity contribution is 4.42. The summed E-state index contributed by atoms with van der Waals surface area (Å²) in [4.78, 5) is 0. The van der Waals surface area contributed by atoms with E-state index >= 15 is 0 Å². The van der Waals surface area contributed by atoms with Crippen LogP contribution in [0.25, 0.3) is 0 Å². The second-order valence-corrected chi connectivity index (χ2v) is 3.40. The van der Waals surface area contributed by atoms with Gasteiger partial charge in [-0.25, -0.2) is 0 Å². The van der Waals surface area contributed by atoms with Gasteiger partial charge in [0.25, 0.3) is 0 Å². The second-order valence-electron chi connectivity index (χ2n) is 3.40. The molecule has 0 radical (unpaired) electrons. The van der Waals surface area contributed by atoms with Gasteiger partial charge in [-0.1, -0.05) is 13.8 Å². The molecule has 3 nitrogen and oxygen atoms in total. The van der Waals surface area contributed by atoms with Crippen LogP contribution >= 0.6 is 0 Å². The van der Waals surface area contributed by atoms with Gasteiger partial charge in [-0.05, 0) is 12.3 Å². The minimum atomic E-state index is 0.657. The zero-order valence-electron chi connectivity index (χ0n) is 9.04. The van der Waals surface area contributed by atoms with Crippen molar-refractivity contribution in [2.75, 3.05) is 40.1 Å². The number of methoxy groups -OCH3 is 1. The molecule has 80 valence electrons. The van der Waals surface area contributed by atoms with E-state index in [4.69, 9.17) is 14.2 Å². The van der Waals surface area contributed by atoms with E-state index in [2.05, 4.69) is 13.8 Å². The molecule has 0 saturated carbocycles. The molecule has 0 N–H and O–H groups in total. The maximum absolute atomic E-state index is 5.36. The van der Waals surface area contributed by atoms with Crippen LogP contribution in [0.5, 0.6) is 0 Å². The Morgan fingerprint density at radius 2 is 1.38 bits per heavy atom. The molecule has 13 heavy (non-hydrogen) atoms. The summed E-state index contributed by atoms with van der Waals surface area (Å²) in [6.45, 7) is 7.90. The Hall–Kier alpha value is -0.120. The smallest absolute Gasteiger partial charge is 0.0701 e. The van der Waals surface area contributed by atoms with Crippen LogP contribution in [0.2, 0.25) is 0 Å². The largest absolute Gasteiger partial charge is 0.382 e. The SMILES string of the molecule is COCCOCCOCCC(C)C. The van der Waals surface area contributed by atoms with Gasteiger partial charge in [-0.2, -0.15) is 0 Å². The van der Waals surface area contributed by atoms with Crippen molar-refractivity contribution in [3.05, 3.63) is 0 Å². The maximum Gasteiger partial charge on any atom is 0.0701 e. The molecule has 0 rings (SSSR count). The van der Waals surface area contributed by atoms with Gasteiger partial charge in [-0.3, -0.25) is 0 Å². The third-order valence-corrected chi connectivity index (χ3v) is 1.64. The van der Waals surface area contributed by atoms with Gasteiger partial charge in [0.2, 0.25) is 0 Å². The molecule has 0 aliphatic heterocycles. The van der Waals surface area contributed by atoms with Crippen molar-refractivity contribution in [2.24, 2.45) is 5.92 Å². The summed E-state index contributed by atoms with van der Waals surface area (Å²) in [5.74, 6) is 0.717. The first-order valence-electron chi connectivity index (χ1n) is 4.91. The molecule has 0 aromatic heterocycles. The molecule has 0 aromatic carbocycles. The third kappa shape index (κ3) is 11.9. The lowest BCUT2D eigenvalue weighted by Gasteiger charge is -2.06. The van der Waals surface area contributed by atoms with Crippen molar-refractivity contribution in [1.29, 1.82) is 0 Å². The van der Waals surface area contributed by atoms with Gasteiger partial charge in [0, 0.05) is 13.7 Å². The monoisotopic (exact) mass is 190 g/mol. The molecule has 0 atom stereocenters. The van der Waals surface area contributed by atoms with Crippen LogP contribution in [0.15, 0.2) is 0 Å². The maximum atomic E-state index is 5.36. The lowest BCUT2D eigenvalue weighted by atomic mass is 10.1. The summed E-state index contributed by atoms with van der Waals surface area (Å²) < 4.78 is 15.4. The van der Waals surface area contributed by atoms with E-state index in [0.29, 0.717) is 26.4 Å². The van der Waals surface area contributed by atoms with E-state index in [9.17, 15) is 0 Å². The fourth-order valence-electron chi connectivity index (χ4n) is 0.783. The van der Waals surface area contributed by atoms with Gasteiger partial charge in [0.15, 0.2) is 0 Å². The minimum absolute atomic E-state index is 0.657. The highest BCUT2D eigenvalue weighted by Gasteiger charge is 1.93. The number of hydrogen-bond acceptors (Lipinski definition) is 3. The average molecular weight is 190 g/mol. The van der Waals surface area contributed by atoms with Crippen molar-refractivity contribution in [1.82, 2.24) is 0 Å². The van der Waals surface area contributed by atoms with Crippen LogP contribution in [0.4, 0.5) is 0 Å². The summed E-state index contributed by atoms with van der Waals surface area (Å²) in [6, 6.07) is 0. The summed E-state index contributed by atoms with van der Waals surface area (Å²) in [5.41, 5.74) is 0. The first-order chi connectivity index (χ1) is 6.27. The van der Waals surface area contributed by atoms with Gasteiger partial charge < -0.3 is 14.2 Å². The van der Waals surface area contributed by atoms with Gasteiger partial charge in [-0.15, -0.1) is 0 Å². The molecule has 0 unspecified atom stereocenters. The van der Waals surface area contributed by atoms with Crippen LogP contribution in [0.1, 0.15) is 20.3 Å². The van der Waals surface area contributed by atoms with Crippen LogP contribution < -0.4 is 0 Å². The quantitative estimate of drug-likeness (QED) is 0.518. The highest BCUT2D eigenvalue weighted by atomic mass is 16.5. The Morgan fingerprint density at radius 3 is 1.92 bits per heavy atom. The van der Waals surface area contributed by atoms with E-state index < -0.39 is 0 Å². The molecule has 3 heteroatoms. The minimum Gasteiger partial charge on any atom is -0.382 e. The summed E-state index contributed by atoms with van der Waals surface area (Å²) in [6.07, 6.45) is 1.12. The Labute approximate surface area is 81.4 Å². The Bertz CT molecular complexity index is 94.2. The van der Waals surface area contributed by atoms with E-state index in [1.165, 1.54) is 0 Å². The molecule has 0 saturated heterocycles. The number of hydrogen-bond donors (Lipinski definition) is 0. The average Bonchev–Trinajstić information content (AvgIpc) is 2.09. The fourth-order valence-corrected chi connectivity index (χ4v) is 0.783. The summed E-state index contributed by atoms with van der Waals surface area (Å²) in [7, 11) is 1.67. The fraction of sp³-hybridized carbons (Fsp3) is 1.00. The molecule has 0 aliphatic rings. The molecular formula is C10H22O3. The molecule has 0 fully saturated rings. The van der Waals surface area contributed by atoms with Crippen LogP contribution in [0.3, 0.4) is 0 Å². The lowest BCUT2D eigenvalue weighted by Crippen LogP contribution is -2.09. The first kappa shape index (κ1) is 12.9. The summed E-state index contributed by atoms with van der Waals surface area (Å²) >= 11 is 0. The van der Waals surface area contributed by atoms with Crippen LogP contribution in [-0.2, 0) is 14.2 Å². The predicted molar refractivity (Wildman–Crippen MR) is 53.0 cm³/mol. The Morgan fingerprint density at radius 1 is 0.846 bits per heavy atom. The zero-order valence-corrected chi connectivity index (χ0v) is 9.04. The van der Waals surface area contributed by atoms with Crippen molar-refractivity contribution in [2.45, 2.75) is 20.3 Å². The van der Waals surface area contributed by atoms with E-state index in [1.807, 2.05) is 0 Å². The molecule has 0 aromatic rings. The molecule has 0 spiro atoms. The van der Waals surface area contributed by atoms with Crippen molar-refractivity contribution in [3.63, 3.8) is 0 Å².